The second-order valence-corrected chi connectivity index (χ2v) is 39.0. The van der Waals surface area contributed by atoms with E-state index < -0.39 is 72.4 Å². The minimum Gasteiger partial charge on any atom is -0.352 e. The van der Waals surface area contributed by atoms with E-state index in [1.807, 2.05) is 111 Å². The third kappa shape index (κ3) is 13.5. The summed E-state index contributed by atoms with van der Waals surface area (Å²) in [4.78, 5) is 0. The van der Waals surface area contributed by atoms with Gasteiger partial charge in [-0.1, -0.05) is 111 Å². The van der Waals surface area contributed by atoms with Crippen LogP contribution in [0.3, 0.4) is 0 Å². The van der Waals surface area contributed by atoms with E-state index in [-0.39, 0.29) is 100 Å². The Bertz CT molecular complexity index is 1010. The minimum absolute atomic E-state index is 0.0397. The lowest BCUT2D eigenvalue weighted by atomic mass is 10.2. The summed E-state index contributed by atoms with van der Waals surface area (Å²) in [5, 5.41) is 0. The SMILES string of the molecule is CC(C)CO[Si]12O[Si]3(OCC(C)C)O[Si]4(OCC(C)C)O[Si](OCC(C)C)(O1)O[Si]1(OCC(C)C)O[Si](OCC(C)C)(O2)O[Si](OCC(C)C)(O3)O[Si](OCC(C)C)(O4)O1. The Morgan fingerprint density at radius 3 is 0.350 bits per heavy atom. The van der Waals surface area contributed by atoms with Gasteiger partial charge in [-0.3, -0.25) is 0 Å². The van der Waals surface area contributed by atoms with Gasteiger partial charge < -0.3 is 84.8 Å². The molecule has 60 heavy (non-hydrogen) atoms. The zero-order chi connectivity index (χ0) is 44.4. The Kier molecular flexibility index (Phi) is 17.7. The van der Waals surface area contributed by atoms with Gasteiger partial charge in [-0.05, 0) is 47.3 Å². The molecule has 6 aliphatic heterocycles. The minimum atomic E-state index is -4.96. The predicted octanol–water partition coefficient (Wildman–Crippen LogP) is 5.12. The van der Waals surface area contributed by atoms with Crippen molar-refractivity contribution >= 4 is 72.4 Å². The van der Waals surface area contributed by atoms with Crippen molar-refractivity contribution in [1.82, 2.24) is 0 Å². The standard InChI is InChI=1S/C32H72O20Si8/c1-25(2)17-33-53-41-54(34-18-26(3)4)44-57(37-21-29(9)10)46-55(42-53,35-19-27(5)6)48-59(39-23-31(13)14)49-56(43-53,36-20-28(7)8)47-58(45-54,38-22-30(11)12)51-60(50-57,52-59)40-24-32(15)16/h25-32H,17-24H2,1-16H3. The first-order valence-electron chi connectivity index (χ1n) is 21.3. The van der Waals surface area contributed by atoms with Crippen molar-refractivity contribution in [3.05, 3.63) is 0 Å². The maximum atomic E-state index is 7.11. The van der Waals surface area contributed by atoms with Crippen molar-refractivity contribution < 1.29 is 84.8 Å². The molecule has 0 N–H and O–H groups in total. The van der Waals surface area contributed by atoms with Crippen LogP contribution in [0.5, 0.6) is 0 Å². The van der Waals surface area contributed by atoms with Crippen molar-refractivity contribution in [3.8, 4) is 0 Å². The molecule has 6 heterocycles. The lowest BCUT2D eigenvalue weighted by Gasteiger charge is -2.58. The van der Waals surface area contributed by atoms with Crippen molar-refractivity contribution in [2.75, 3.05) is 52.9 Å². The summed E-state index contributed by atoms with van der Waals surface area (Å²) in [6.45, 7) is 31.6. The molecule has 6 aliphatic rings. The van der Waals surface area contributed by atoms with Crippen molar-refractivity contribution in [2.24, 2.45) is 47.3 Å². The molecule has 0 unspecified atom stereocenters. The number of hydrogen-bond donors (Lipinski definition) is 0. The molecule has 352 valence electrons. The molecule has 0 spiro atoms. The van der Waals surface area contributed by atoms with Gasteiger partial charge in [-0.15, -0.1) is 0 Å². The highest BCUT2D eigenvalue weighted by atomic mass is 28.7. The lowest BCUT2D eigenvalue weighted by molar-refractivity contribution is -0.172. The second-order valence-electron chi connectivity index (χ2n) is 18.9. The zero-order valence-corrected chi connectivity index (χ0v) is 46.4. The molecule has 0 saturated carbocycles. The molecular formula is C32H72O20Si8. The largest absolute Gasteiger partial charge is 0.662 e. The van der Waals surface area contributed by atoms with Crippen LogP contribution in [0.15, 0.2) is 0 Å². The van der Waals surface area contributed by atoms with Gasteiger partial charge in [0, 0.05) is 52.9 Å². The maximum Gasteiger partial charge on any atom is 0.662 e. The molecule has 6 rings (SSSR count). The maximum absolute atomic E-state index is 7.11. The average molecular weight is 1000 g/mol. The van der Waals surface area contributed by atoms with Gasteiger partial charge in [0.2, 0.25) is 0 Å². The van der Waals surface area contributed by atoms with Crippen LogP contribution in [0.2, 0.25) is 0 Å². The fourth-order valence-electron chi connectivity index (χ4n) is 5.19. The zero-order valence-electron chi connectivity index (χ0n) is 38.4. The molecule has 6 fully saturated rings. The van der Waals surface area contributed by atoms with Gasteiger partial charge in [-0.2, -0.15) is 0 Å². The van der Waals surface area contributed by atoms with Gasteiger partial charge in [0.05, 0.1) is 0 Å². The number of hydrogen-bond acceptors (Lipinski definition) is 20. The van der Waals surface area contributed by atoms with Crippen LogP contribution in [0.1, 0.15) is 111 Å². The Morgan fingerprint density at radius 2 is 0.283 bits per heavy atom. The predicted molar refractivity (Wildman–Crippen MR) is 225 cm³/mol. The average Bonchev–Trinajstić information content (AvgIpc) is 3.08. The normalized spacial score (nSPS) is 38.0. The second kappa shape index (κ2) is 20.4. The quantitative estimate of drug-likeness (QED) is 0.116. The van der Waals surface area contributed by atoms with Gasteiger partial charge in [0.15, 0.2) is 0 Å². The summed E-state index contributed by atoms with van der Waals surface area (Å²) in [6, 6.07) is 0. The van der Waals surface area contributed by atoms with E-state index in [0.717, 1.165) is 0 Å². The Balaban J connectivity index is 1.94. The van der Waals surface area contributed by atoms with Crippen molar-refractivity contribution in [1.29, 1.82) is 0 Å². The third-order valence-corrected chi connectivity index (χ3v) is 35.9. The van der Waals surface area contributed by atoms with E-state index in [2.05, 4.69) is 0 Å². The topological polar surface area (TPSA) is 185 Å². The van der Waals surface area contributed by atoms with E-state index in [9.17, 15) is 0 Å². The van der Waals surface area contributed by atoms with Crippen molar-refractivity contribution in [2.45, 2.75) is 111 Å². The highest BCUT2D eigenvalue weighted by molar-refractivity contribution is 6.97. The van der Waals surface area contributed by atoms with E-state index in [4.69, 9.17) is 84.8 Å². The van der Waals surface area contributed by atoms with Crippen LogP contribution in [-0.4, -0.2) is 125 Å². The fraction of sp³-hybridized carbons (Fsp3) is 1.00. The first kappa shape index (κ1) is 51.9. The molecule has 0 aromatic carbocycles. The van der Waals surface area contributed by atoms with Crippen LogP contribution in [0.25, 0.3) is 0 Å². The molecule has 28 heteroatoms. The molecule has 0 atom stereocenters. The Morgan fingerprint density at radius 1 is 0.200 bits per heavy atom. The molecule has 8 bridgehead atoms. The molecule has 6 saturated heterocycles. The van der Waals surface area contributed by atoms with Gasteiger partial charge in [-0.25, -0.2) is 0 Å². The lowest BCUT2D eigenvalue weighted by Crippen LogP contribution is -2.91. The first-order chi connectivity index (χ1) is 27.8. The molecule has 0 amide bonds. The van der Waals surface area contributed by atoms with Crippen LogP contribution in [0.4, 0.5) is 0 Å². The fourth-order valence-corrected chi connectivity index (χ4v) is 42.8. The summed E-state index contributed by atoms with van der Waals surface area (Å²) in [7, 11) is -39.7. The third-order valence-electron chi connectivity index (χ3n) is 7.75. The first-order valence-corrected chi connectivity index (χ1v) is 34.4. The Hall–Kier alpha value is 0.935. The van der Waals surface area contributed by atoms with Gasteiger partial charge >= 0.3 is 72.4 Å². The van der Waals surface area contributed by atoms with Crippen LogP contribution >= 0.6 is 0 Å². The summed E-state index contributed by atoms with van der Waals surface area (Å²) in [5.74, 6) is -0.622. The highest BCUT2D eigenvalue weighted by Crippen LogP contribution is 2.50. The summed E-state index contributed by atoms with van der Waals surface area (Å²) in [5.41, 5.74) is 0. The highest BCUT2D eigenvalue weighted by Gasteiger charge is 2.91. The molecular weight excluding hydrogens is 929 g/mol. The molecule has 0 aliphatic carbocycles. The smallest absolute Gasteiger partial charge is 0.352 e. The molecule has 0 aromatic heterocycles. The van der Waals surface area contributed by atoms with E-state index in [1.165, 1.54) is 0 Å². The summed E-state index contributed by atoms with van der Waals surface area (Å²) >= 11 is 0. The molecule has 0 radical (unpaired) electrons. The van der Waals surface area contributed by atoms with Crippen LogP contribution in [0, 0.1) is 47.3 Å². The van der Waals surface area contributed by atoms with Crippen molar-refractivity contribution in [3.63, 3.8) is 0 Å². The van der Waals surface area contributed by atoms with Gasteiger partial charge in [0.25, 0.3) is 0 Å². The Labute approximate surface area is 366 Å². The summed E-state index contributed by atoms with van der Waals surface area (Å²) < 4.78 is 139. The van der Waals surface area contributed by atoms with E-state index in [1.54, 1.807) is 0 Å². The van der Waals surface area contributed by atoms with E-state index >= 15 is 0 Å². The van der Waals surface area contributed by atoms with Gasteiger partial charge in [0.1, 0.15) is 0 Å². The van der Waals surface area contributed by atoms with E-state index in [0.29, 0.717) is 0 Å². The molecule has 20 nitrogen and oxygen atoms in total. The number of rotatable bonds is 24. The van der Waals surface area contributed by atoms with Crippen LogP contribution < -0.4 is 0 Å². The molecule has 0 aromatic rings. The summed E-state index contributed by atoms with van der Waals surface area (Å²) in [6.07, 6.45) is 0. The monoisotopic (exact) mass is 1000 g/mol. The van der Waals surface area contributed by atoms with Crippen LogP contribution in [-0.2, 0) is 84.8 Å².